The van der Waals surface area contributed by atoms with Gasteiger partial charge in [0.15, 0.2) is 0 Å². The van der Waals surface area contributed by atoms with E-state index in [1.807, 2.05) is 12.1 Å². The predicted octanol–water partition coefficient (Wildman–Crippen LogP) is 4.05. The summed E-state index contributed by atoms with van der Waals surface area (Å²) in [5.41, 5.74) is 7.29. The molecule has 1 aromatic rings. The Morgan fingerprint density at radius 3 is 2.18 bits per heavy atom. The van der Waals surface area contributed by atoms with Crippen molar-refractivity contribution in [1.82, 2.24) is 4.90 Å². The van der Waals surface area contributed by atoms with Crippen molar-refractivity contribution in [2.24, 2.45) is 5.92 Å². The summed E-state index contributed by atoms with van der Waals surface area (Å²) >= 11 is 12.0. The molecule has 2 nitrogen and oxygen atoms in total. The van der Waals surface area contributed by atoms with Crippen LogP contribution in [0.1, 0.15) is 26.3 Å². The molecule has 4 heteroatoms. The first-order valence-electron chi connectivity index (χ1n) is 5.89. The zero-order valence-electron chi connectivity index (χ0n) is 10.6. The molecule has 96 valence electrons. The molecule has 0 unspecified atom stereocenters. The second-order valence-corrected chi connectivity index (χ2v) is 5.51. The van der Waals surface area contributed by atoms with Gasteiger partial charge in [0, 0.05) is 13.1 Å². The van der Waals surface area contributed by atoms with Crippen LogP contribution in [0.15, 0.2) is 12.1 Å². The van der Waals surface area contributed by atoms with Gasteiger partial charge < -0.3 is 5.73 Å². The van der Waals surface area contributed by atoms with E-state index >= 15 is 0 Å². The van der Waals surface area contributed by atoms with Crippen molar-refractivity contribution in [3.8, 4) is 0 Å². The molecule has 0 aromatic heterocycles. The van der Waals surface area contributed by atoms with Crippen LogP contribution in [0, 0.1) is 5.92 Å². The van der Waals surface area contributed by atoms with Crippen LogP contribution in [-0.4, -0.2) is 18.0 Å². The average molecular weight is 275 g/mol. The van der Waals surface area contributed by atoms with E-state index in [9.17, 15) is 0 Å². The molecule has 0 radical (unpaired) electrons. The van der Waals surface area contributed by atoms with Gasteiger partial charge in [-0.25, -0.2) is 0 Å². The standard InChI is InChI=1S/C13H20Cl2N2/c1-4-17(7-9(2)3)8-10-5-11(14)13(16)12(15)6-10/h5-6,9H,4,7-8,16H2,1-3H3. The highest BCUT2D eigenvalue weighted by atomic mass is 35.5. The Bertz CT molecular complexity index is 355. The fourth-order valence-corrected chi connectivity index (χ4v) is 2.34. The van der Waals surface area contributed by atoms with Crippen molar-refractivity contribution in [2.45, 2.75) is 27.3 Å². The summed E-state index contributed by atoms with van der Waals surface area (Å²) < 4.78 is 0. The van der Waals surface area contributed by atoms with Crippen LogP contribution in [0.3, 0.4) is 0 Å². The van der Waals surface area contributed by atoms with Gasteiger partial charge in [-0.05, 0) is 30.2 Å². The highest BCUT2D eigenvalue weighted by molar-refractivity contribution is 6.38. The van der Waals surface area contributed by atoms with Gasteiger partial charge in [0.25, 0.3) is 0 Å². The summed E-state index contributed by atoms with van der Waals surface area (Å²) in [6.45, 7) is 9.52. The van der Waals surface area contributed by atoms with Crippen LogP contribution in [0.25, 0.3) is 0 Å². The molecular formula is C13H20Cl2N2. The lowest BCUT2D eigenvalue weighted by Crippen LogP contribution is -2.27. The summed E-state index contributed by atoms with van der Waals surface area (Å²) in [7, 11) is 0. The van der Waals surface area contributed by atoms with Crippen molar-refractivity contribution in [3.63, 3.8) is 0 Å². The third-order valence-electron chi connectivity index (χ3n) is 2.62. The van der Waals surface area contributed by atoms with Gasteiger partial charge in [-0.3, -0.25) is 4.90 Å². The summed E-state index contributed by atoms with van der Waals surface area (Å²) in [6, 6.07) is 3.79. The second-order valence-electron chi connectivity index (χ2n) is 4.69. The smallest absolute Gasteiger partial charge is 0.0693 e. The molecule has 2 N–H and O–H groups in total. The lowest BCUT2D eigenvalue weighted by molar-refractivity contribution is 0.248. The molecule has 0 aliphatic heterocycles. The molecule has 17 heavy (non-hydrogen) atoms. The third kappa shape index (κ3) is 4.38. The normalized spacial score (nSPS) is 11.5. The largest absolute Gasteiger partial charge is 0.396 e. The lowest BCUT2D eigenvalue weighted by atomic mass is 10.1. The number of nitrogens with zero attached hydrogens (tertiary/aromatic N) is 1. The third-order valence-corrected chi connectivity index (χ3v) is 3.24. The fourth-order valence-electron chi connectivity index (χ4n) is 1.81. The van der Waals surface area contributed by atoms with Crippen molar-refractivity contribution in [1.29, 1.82) is 0 Å². The summed E-state index contributed by atoms with van der Waals surface area (Å²) in [5.74, 6) is 0.648. The number of nitrogens with two attached hydrogens (primary N) is 1. The molecule has 0 aliphatic rings. The summed E-state index contributed by atoms with van der Waals surface area (Å²) in [5, 5.41) is 1.07. The molecular weight excluding hydrogens is 255 g/mol. The zero-order chi connectivity index (χ0) is 13.0. The SMILES string of the molecule is CCN(Cc1cc(Cl)c(N)c(Cl)c1)CC(C)C. The minimum absolute atomic E-state index is 0.462. The summed E-state index contributed by atoms with van der Waals surface area (Å²) in [6.07, 6.45) is 0. The Hall–Kier alpha value is -0.440. The predicted molar refractivity (Wildman–Crippen MR) is 76.7 cm³/mol. The molecule has 0 amide bonds. The number of halogens is 2. The molecule has 0 spiro atoms. The monoisotopic (exact) mass is 274 g/mol. The number of nitrogen functional groups attached to an aromatic ring is 1. The van der Waals surface area contributed by atoms with E-state index in [2.05, 4.69) is 25.7 Å². The summed E-state index contributed by atoms with van der Waals surface area (Å²) in [4.78, 5) is 2.36. The van der Waals surface area contributed by atoms with Gasteiger partial charge in [0.05, 0.1) is 15.7 Å². The van der Waals surface area contributed by atoms with Gasteiger partial charge in [0.1, 0.15) is 0 Å². The van der Waals surface area contributed by atoms with Crippen LogP contribution in [0.4, 0.5) is 5.69 Å². The zero-order valence-corrected chi connectivity index (χ0v) is 12.1. The maximum Gasteiger partial charge on any atom is 0.0693 e. The van der Waals surface area contributed by atoms with E-state index < -0.39 is 0 Å². The molecule has 0 saturated heterocycles. The van der Waals surface area contributed by atoms with Crippen molar-refractivity contribution in [2.75, 3.05) is 18.8 Å². The van der Waals surface area contributed by atoms with E-state index in [1.54, 1.807) is 0 Å². The molecule has 1 rings (SSSR count). The van der Waals surface area contributed by atoms with E-state index in [4.69, 9.17) is 28.9 Å². The van der Waals surface area contributed by atoms with Crippen molar-refractivity contribution >= 4 is 28.9 Å². The Morgan fingerprint density at radius 1 is 1.24 bits per heavy atom. The Kier molecular flexibility index (Phi) is 5.57. The van der Waals surface area contributed by atoms with E-state index in [0.717, 1.165) is 25.2 Å². The Balaban J connectivity index is 2.79. The molecule has 0 saturated carbocycles. The van der Waals surface area contributed by atoms with Crippen LogP contribution in [-0.2, 0) is 6.54 Å². The molecule has 0 heterocycles. The van der Waals surface area contributed by atoms with Gasteiger partial charge in [-0.2, -0.15) is 0 Å². The Labute approximate surface area is 114 Å². The minimum atomic E-state index is 0.462. The second kappa shape index (κ2) is 6.48. The van der Waals surface area contributed by atoms with Crippen LogP contribution >= 0.6 is 23.2 Å². The number of hydrogen-bond acceptors (Lipinski definition) is 2. The topological polar surface area (TPSA) is 29.3 Å². The minimum Gasteiger partial charge on any atom is -0.396 e. The first-order valence-corrected chi connectivity index (χ1v) is 6.65. The number of rotatable bonds is 5. The van der Waals surface area contributed by atoms with Crippen molar-refractivity contribution in [3.05, 3.63) is 27.7 Å². The maximum atomic E-state index is 6.02. The van der Waals surface area contributed by atoms with Crippen LogP contribution in [0.2, 0.25) is 10.0 Å². The first kappa shape index (κ1) is 14.6. The average Bonchev–Trinajstić information content (AvgIpc) is 2.24. The van der Waals surface area contributed by atoms with Crippen LogP contribution < -0.4 is 5.73 Å². The molecule has 0 atom stereocenters. The lowest BCUT2D eigenvalue weighted by Gasteiger charge is -2.23. The quantitative estimate of drug-likeness (QED) is 0.821. The molecule has 1 aromatic carbocycles. The fraction of sp³-hybridized carbons (Fsp3) is 0.538. The van der Waals surface area contributed by atoms with Crippen LogP contribution in [0.5, 0.6) is 0 Å². The van der Waals surface area contributed by atoms with Gasteiger partial charge in [-0.1, -0.05) is 44.0 Å². The molecule has 0 bridgehead atoms. The van der Waals surface area contributed by atoms with Gasteiger partial charge in [-0.15, -0.1) is 0 Å². The van der Waals surface area contributed by atoms with E-state index in [1.165, 1.54) is 0 Å². The Morgan fingerprint density at radius 2 is 1.76 bits per heavy atom. The van der Waals surface area contributed by atoms with Gasteiger partial charge >= 0.3 is 0 Å². The molecule has 0 fully saturated rings. The van der Waals surface area contributed by atoms with E-state index in [0.29, 0.717) is 21.7 Å². The number of anilines is 1. The highest BCUT2D eigenvalue weighted by Crippen LogP contribution is 2.29. The number of benzene rings is 1. The molecule has 0 aliphatic carbocycles. The number of hydrogen-bond donors (Lipinski definition) is 1. The van der Waals surface area contributed by atoms with Crippen molar-refractivity contribution < 1.29 is 0 Å². The maximum absolute atomic E-state index is 6.02. The highest BCUT2D eigenvalue weighted by Gasteiger charge is 2.09. The van der Waals surface area contributed by atoms with Gasteiger partial charge in [0.2, 0.25) is 0 Å². The first-order chi connectivity index (χ1) is 7.93. The van der Waals surface area contributed by atoms with E-state index in [-0.39, 0.29) is 0 Å².